The van der Waals surface area contributed by atoms with Gasteiger partial charge >= 0.3 is 12.0 Å². The van der Waals surface area contributed by atoms with Gasteiger partial charge in [-0.2, -0.15) is 0 Å². The molecule has 9 nitrogen and oxygen atoms in total. The molecule has 0 aliphatic carbocycles. The van der Waals surface area contributed by atoms with Crippen LogP contribution in [0, 0.1) is 0 Å². The normalized spacial score (nSPS) is 15.2. The van der Waals surface area contributed by atoms with E-state index in [1.807, 2.05) is 0 Å². The molecule has 140 valence electrons. The number of urea groups is 1. The van der Waals surface area contributed by atoms with Crippen molar-refractivity contribution in [2.24, 2.45) is 0 Å². The number of amides is 3. The SMILES string of the molecule is COC(=O)c1ccc(CN2C(=O)NC(=Cc3cccc(OC)c3O)C2=O)o1. The summed E-state index contributed by atoms with van der Waals surface area (Å²) in [4.78, 5) is 37.0. The second-order valence-corrected chi connectivity index (χ2v) is 5.54. The lowest BCUT2D eigenvalue weighted by molar-refractivity contribution is -0.123. The Balaban J connectivity index is 1.81. The van der Waals surface area contributed by atoms with E-state index in [0.717, 1.165) is 4.90 Å². The van der Waals surface area contributed by atoms with Gasteiger partial charge in [0, 0.05) is 5.56 Å². The van der Waals surface area contributed by atoms with Gasteiger partial charge in [-0.3, -0.25) is 9.69 Å². The summed E-state index contributed by atoms with van der Waals surface area (Å²) < 4.78 is 14.8. The number of carbonyl (C=O) groups is 3. The molecule has 2 N–H and O–H groups in total. The van der Waals surface area contributed by atoms with Crippen LogP contribution in [0.4, 0.5) is 4.79 Å². The number of hydrogen-bond acceptors (Lipinski definition) is 7. The van der Waals surface area contributed by atoms with Gasteiger partial charge in [0.2, 0.25) is 5.76 Å². The van der Waals surface area contributed by atoms with Gasteiger partial charge in [-0.05, 0) is 24.3 Å². The number of para-hydroxylation sites is 1. The molecule has 9 heteroatoms. The number of aromatic hydroxyl groups is 1. The molecule has 0 bridgehead atoms. The average Bonchev–Trinajstić information content (AvgIpc) is 3.23. The van der Waals surface area contributed by atoms with E-state index in [0.29, 0.717) is 5.56 Å². The molecule has 0 saturated carbocycles. The van der Waals surface area contributed by atoms with Crippen LogP contribution in [0.5, 0.6) is 11.5 Å². The van der Waals surface area contributed by atoms with Crippen molar-refractivity contribution in [1.82, 2.24) is 10.2 Å². The molecule has 0 radical (unpaired) electrons. The Morgan fingerprint density at radius 1 is 1.26 bits per heavy atom. The zero-order valence-electron chi connectivity index (χ0n) is 14.5. The van der Waals surface area contributed by atoms with Crippen molar-refractivity contribution in [2.75, 3.05) is 14.2 Å². The van der Waals surface area contributed by atoms with Crippen LogP contribution in [-0.2, 0) is 16.1 Å². The van der Waals surface area contributed by atoms with Gasteiger partial charge in [0.15, 0.2) is 11.5 Å². The zero-order chi connectivity index (χ0) is 19.6. The summed E-state index contributed by atoms with van der Waals surface area (Å²) in [5.41, 5.74) is 0.300. The van der Waals surface area contributed by atoms with Crippen LogP contribution < -0.4 is 10.1 Å². The minimum absolute atomic E-state index is 0.0108. The molecular weight excluding hydrogens is 356 g/mol. The maximum Gasteiger partial charge on any atom is 0.373 e. The third kappa shape index (κ3) is 3.47. The fourth-order valence-corrected chi connectivity index (χ4v) is 2.52. The van der Waals surface area contributed by atoms with Crippen LogP contribution in [0.15, 0.2) is 40.4 Å². The number of phenols is 1. The largest absolute Gasteiger partial charge is 0.504 e. The summed E-state index contributed by atoms with van der Waals surface area (Å²) in [5.74, 6) is -0.961. The number of furan rings is 1. The Kier molecular flexibility index (Phi) is 4.84. The number of phenolic OH excluding ortho intramolecular Hbond substituents is 1. The lowest BCUT2D eigenvalue weighted by atomic mass is 10.1. The summed E-state index contributed by atoms with van der Waals surface area (Å²) in [7, 11) is 2.62. The third-order valence-corrected chi connectivity index (χ3v) is 3.87. The average molecular weight is 372 g/mol. The van der Waals surface area contributed by atoms with E-state index < -0.39 is 17.9 Å². The molecule has 0 spiro atoms. The Hall–Kier alpha value is -3.75. The quantitative estimate of drug-likeness (QED) is 0.467. The van der Waals surface area contributed by atoms with Gasteiger partial charge in [-0.15, -0.1) is 0 Å². The number of nitrogens with zero attached hydrogens (tertiary/aromatic N) is 1. The van der Waals surface area contributed by atoms with Gasteiger partial charge in [-0.1, -0.05) is 12.1 Å². The molecule has 27 heavy (non-hydrogen) atoms. The minimum atomic E-state index is -0.660. The zero-order valence-corrected chi connectivity index (χ0v) is 14.5. The van der Waals surface area contributed by atoms with Crippen molar-refractivity contribution < 1.29 is 33.4 Å². The van der Waals surface area contributed by atoms with E-state index in [-0.39, 0.29) is 35.3 Å². The highest BCUT2D eigenvalue weighted by Crippen LogP contribution is 2.31. The first-order valence-corrected chi connectivity index (χ1v) is 7.82. The molecule has 3 amide bonds. The van der Waals surface area contributed by atoms with Crippen LogP contribution in [0.25, 0.3) is 6.08 Å². The van der Waals surface area contributed by atoms with E-state index in [1.54, 1.807) is 18.2 Å². The summed E-state index contributed by atoms with van der Waals surface area (Å²) in [5, 5.41) is 12.6. The molecule has 2 aromatic rings. The monoisotopic (exact) mass is 372 g/mol. The van der Waals surface area contributed by atoms with Crippen LogP contribution in [0.2, 0.25) is 0 Å². The number of esters is 1. The summed E-state index contributed by atoms with van der Waals surface area (Å²) in [6, 6.07) is 7.00. The first-order valence-electron chi connectivity index (χ1n) is 7.82. The predicted octanol–water partition coefficient (Wildman–Crippen LogP) is 1.87. The van der Waals surface area contributed by atoms with Crippen molar-refractivity contribution >= 4 is 24.0 Å². The van der Waals surface area contributed by atoms with E-state index in [9.17, 15) is 19.5 Å². The summed E-state index contributed by atoms with van der Waals surface area (Å²) >= 11 is 0. The first kappa shape index (κ1) is 18.1. The lowest BCUT2D eigenvalue weighted by Gasteiger charge is -2.09. The first-order chi connectivity index (χ1) is 12.9. The highest BCUT2D eigenvalue weighted by Gasteiger charge is 2.34. The highest BCUT2D eigenvalue weighted by atomic mass is 16.5. The van der Waals surface area contributed by atoms with Crippen LogP contribution in [0.3, 0.4) is 0 Å². The number of carbonyl (C=O) groups excluding carboxylic acids is 3. The Morgan fingerprint density at radius 3 is 2.74 bits per heavy atom. The second-order valence-electron chi connectivity index (χ2n) is 5.54. The number of rotatable bonds is 5. The van der Waals surface area contributed by atoms with Crippen LogP contribution in [0.1, 0.15) is 21.9 Å². The number of methoxy groups -OCH3 is 2. The van der Waals surface area contributed by atoms with E-state index >= 15 is 0 Å². The van der Waals surface area contributed by atoms with Gasteiger partial charge in [0.1, 0.15) is 11.5 Å². The molecule has 1 aliphatic rings. The predicted molar refractivity (Wildman–Crippen MR) is 91.8 cm³/mol. The smallest absolute Gasteiger partial charge is 0.373 e. The van der Waals surface area contributed by atoms with E-state index in [1.165, 1.54) is 32.4 Å². The standard InChI is InChI=1S/C18H16N2O7/c1-25-13-5-3-4-10(15(13)21)8-12-16(22)20(18(24)19-12)9-11-6-7-14(27-11)17(23)26-2/h3-8,21H,9H2,1-2H3,(H,19,24). The summed E-state index contributed by atoms with van der Waals surface area (Å²) in [6.07, 6.45) is 1.35. The van der Waals surface area contributed by atoms with Crippen molar-refractivity contribution in [3.63, 3.8) is 0 Å². The number of benzene rings is 1. The van der Waals surface area contributed by atoms with Crippen molar-refractivity contribution in [2.45, 2.75) is 6.54 Å². The maximum atomic E-state index is 12.5. The Morgan fingerprint density at radius 2 is 2.04 bits per heavy atom. The maximum absolute atomic E-state index is 12.5. The molecule has 1 fully saturated rings. The minimum Gasteiger partial charge on any atom is -0.504 e. The van der Waals surface area contributed by atoms with Crippen LogP contribution >= 0.6 is 0 Å². The molecule has 1 saturated heterocycles. The molecule has 3 rings (SSSR count). The van der Waals surface area contributed by atoms with Crippen molar-refractivity contribution in [3.8, 4) is 11.5 Å². The third-order valence-electron chi connectivity index (χ3n) is 3.87. The molecule has 1 aromatic carbocycles. The van der Waals surface area contributed by atoms with Crippen molar-refractivity contribution in [1.29, 1.82) is 0 Å². The highest BCUT2D eigenvalue weighted by molar-refractivity contribution is 6.14. The van der Waals surface area contributed by atoms with Gasteiger partial charge in [-0.25, -0.2) is 9.59 Å². The molecule has 1 aliphatic heterocycles. The molecule has 0 atom stereocenters. The fourth-order valence-electron chi connectivity index (χ4n) is 2.52. The number of nitrogens with one attached hydrogen (secondary N) is 1. The molecule has 2 heterocycles. The van der Waals surface area contributed by atoms with Crippen LogP contribution in [-0.4, -0.2) is 42.1 Å². The lowest BCUT2D eigenvalue weighted by Crippen LogP contribution is -2.30. The van der Waals surface area contributed by atoms with Crippen molar-refractivity contribution in [3.05, 3.63) is 53.1 Å². The van der Waals surface area contributed by atoms with E-state index in [2.05, 4.69) is 10.1 Å². The Bertz CT molecular complexity index is 945. The molecule has 0 unspecified atom stereocenters. The summed E-state index contributed by atoms with van der Waals surface area (Å²) in [6.45, 7) is -0.164. The number of imide groups is 1. The topological polar surface area (TPSA) is 118 Å². The molecular formula is C18H16N2O7. The second kappa shape index (κ2) is 7.24. The van der Waals surface area contributed by atoms with Gasteiger partial charge < -0.3 is 24.3 Å². The number of hydrogen-bond donors (Lipinski definition) is 2. The van der Waals surface area contributed by atoms with Gasteiger partial charge in [0.05, 0.1) is 20.8 Å². The van der Waals surface area contributed by atoms with E-state index in [4.69, 9.17) is 9.15 Å². The Labute approximate surface area is 153 Å². The van der Waals surface area contributed by atoms with Gasteiger partial charge in [0.25, 0.3) is 5.91 Å². The molecule has 1 aromatic heterocycles. The fraction of sp³-hybridized carbons (Fsp3) is 0.167. The number of ether oxygens (including phenoxy) is 2.